The van der Waals surface area contributed by atoms with Crippen molar-refractivity contribution in [3.63, 3.8) is 0 Å². The summed E-state index contributed by atoms with van der Waals surface area (Å²) in [5, 5.41) is 6.32. The Kier molecular flexibility index (Phi) is 7.49. The fourth-order valence-electron chi connectivity index (χ4n) is 2.85. The van der Waals surface area contributed by atoms with Crippen LogP contribution in [0.1, 0.15) is 13.3 Å². The van der Waals surface area contributed by atoms with E-state index in [0.717, 1.165) is 39.1 Å². The van der Waals surface area contributed by atoms with Crippen molar-refractivity contribution >= 4 is 29.1 Å². The van der Waals surface area contributed by atoms with Crippen LogP contribution in [0.3, 0.4) is 0 Å². The molecule has 1 saturated heterocycles. The quantitative estimate of drug-likeness (QED) is 0.486. The van der Waals surface area contributed by atoms with E-state index in [9.17, 15) is 9.59 Å². The van der Waals surface area contributed by atoms with Crippen molar-refractivity contribution in [3.05, 3.63) is 29.3 Å². The molecule has 0 aliphatic carbocycles. The van der Waals surface area contributed by atoms with E-state index in [4.69, 9.17) is 11.6 Å². The Hall–Kier alpha value is -1.63. The third kappa shape index (κ3) is 6.11. The van der Waals surface area contributed by atoms with Gasteiger partial charge in [-0.1, -0.05) is 30.7 Å². The number of para-hydroxylation sites is 1. The van der Waals surface area contributed by atoms with E-state index < -0.39 is 0 Å². The highest BCUT2D eigenvalue weighted by atomic mass is 35.5. The highest BCUT2D eigenvalue weighted by Gasteiger charge is 2.26. The predicted molar refractivity (Wildman–Crippen MR) is 94.5 cm³/mol. The van der Waals surface area contributed by atoms with Gasteiger partial charge in [0.25, 0.3) is 11.8 Å². The van der Waals surface area contributed by atoms with Crippen molar-refractivity contribution in [1.29, 1.82) is 0 Å². The van der Waals surface area contributed by atoms with Gasteiger partial charge in [0.2, 0.25) is 0 Å². The van der Waals surface area contributed by atoms with Crippen molar-refractivity contribution in [2.45, 2.75) is 13.3 Å². The summed E-state index contributed by atoms with van der Waals surface area (Å²) >= 11 is 6.05. The van der Waals surface area contributed by atoms with Gasteiger partial charge in [0.1, 0.15) is 26.2 Å². The molecule has 0 bridgehead atoms. The molecule has 132 valence electrons. The average molecular weight is 355 g/mol. The Labute approximate surface area is 148 Å². The van der Waals surface area contributed by atoms with Gasteiger partial charge in [-0.15, -0.1) is 0 Å². The number of quaternary nitrogens is 2. The molecule has 24 heavy (non-hydrogen) atoms. The molecule has 0 aromatic heterocycles. The Morgan fingerprint density at radius 1 is 1.04 bits per heavy atom. The van der Waals surface area contributed by atoms with Crippen molar-refractivity contribution < 1.29 is 19.4 Å². The van der Waals surface area contributed by atoms with Crippen LogP contribution in [0.2, 0.25) is 5.02 Å². The fraction of sp³-hybridized carbons (Fsp3) is 0.529. The lowest BCUT2D eigenvalue weighted by Crippen LogP contribution is -3.28. The summed E-state index contributed by atoms with van der Waals surface area (Å²) < 4.78 is 0. The van der Waals surface area contributed by atoms with Gasteiger partial charge < -0.3 is 20.4 Å². The van der Waals surface area contributed by atoms with E-state index in [0.29, 0.717) is 23.8 Å². The van der Waals surface area contributed by atoms with Crippen LogP contribution in [0.25, 0.3) is 0 Å². The number of benzene rings is 1. The molecule has 1 fully saturated rings. The molecule has 0 atom stereocenters. The molecule has 0 unspecified atom stereocenters. The molecular formula is C17H27ClN4O2+2. The first-order chi connectivity index (χ1) is 11.6. The summed E-state index contributed by atoms with van der Waals surface area (Å²) in [5.74, 6) is 0.0917. The van der Waals surface area contributed by atoms with E-state index >= 15 is 0 Å². The van der Waals surface area contributed by atoms with E-state index in [2.05, 4.69) is 10.6 Å². The molecule has 1 aromatic carbocycles. The second kappa shape index (κ2) is 9.61. The fourth-order valence-corrected chi connectivity index (χ4v) is 3.03. The van der Waals surface area contributed by atoms with Gasteiger partial charge in [0.05, 0.1) is 10.7 Å². The predicted octanol–water partition coefficient (Wildman–Crippen LogP) is -1.41. The molecule has 7 heteroatoms. The Bertz CT molecular complexity index is 559. The van der Waals surface area contributed by atoms with Crippen LogP contribution >= 0.6 is 11.6 Å². The number of halogens is 1. The van der Waals surface area contributed by atoms with Crippen LogP contribution in [-0.2, 0) is 9.59 Å². The van der Waals surface area contributed by atoms with Crippen molar-refractivity contribution in [2.24, 2.45) is 0 Å². The number of amides is 2. The zero-order valence-corrected chi connectivity index (χ0v) is 14.9. The smallest absolute Gasteiger partial charge is 0.279 e. The highest BCUT2D eigenvalue weighted by molar-refractivity contribution is 6.33. The number of carbonyl (C=O) groups is 2. The molecule has 1 aromatic rings. The zero-order valence-electron chi connectivity index (χ0n) is 14.2. The third-order valence-corrected chi connectivity index (χ3v) is 4.54. The van der Waals surface area contributed by atoms with Gasteiger partial charge in [-0.25, -0.2) is 0 Å². The number of anilines is 1. The van der Waals surface area contributed by atoms with E-state index in [1.807, 2.05) is 19.1 Å². The number of nitrogens with one attached hydrogen (secondary N) is 4. The number of hydrogen-bond acceptors (Lipinski definition) is 2. The monoisotopic (exact) mass is 354 g/mol. The first-order valence-corrected chi connectivity index (χ1v) is 8.94. The van der Waals surface area contributed by atoms with Gasteiger partial charge in [-0.3, -0.25) is 9.59 Å². The molecule has 6 nitrogen and oxygen atoms in total. The van der Waals surface area contributed by atoms with Crippen molar-refractivity contribution in [3.8, 4) is 0 Å². The van der Waals surface area contributed by atoms with Gasteiger partial charge in [0.15, 0.2) is 13.1 Å². The largest absolute Gasteiger partial charge is 0.351 e. The summed E-state index contributed by atoms with van der Waals surface area (Å²) in [6.45, 7) is 7.36. The molecule has 1 aliphatic rings. The third-order valence-electron chi connectivity index (χ3n) is 4.21. The van der Waals surface area contributed by atoms with Crippen LogP contribution in [0, 0.1) is 0 Å². The van der Waals surface area contributed by atoms with E-state index in [-0.39, 0.29) is 11.8 Å². The van der Waals surface area contributed by atoms with Crippen LogP contribution in [-0.4, -0.2) is 57.6 Å². The average Bonchev–Trinajstić information content (AvgIpc) is 2.57. The summed E-state index contributed by atoms with van der Waals surface area (Å²) in [6.07, 6.45) is 0.958. The minimum absolute atomic E-state index is 0.0257. The Balaban J connectivity index is 1.70. The number of hydrogen-bond donors (Lipinski definition) is 4. The molecule has 0 radical (unpaired) electrons. The lowest BCUT2D eigenvalue weighted by atomic mass is 10.3. The minimum Gasteiger partial charge on any atom is -0.351 e. The van der Waals surface area contributed by atoms with Gasteiger partial charge >= 0.3 is 0 Å². The lowest BCUT2D eigenvalue weighted by molar-refractivity contribution is -1.00. The SMILES string of the molecule is CCCNC(=O)C[NH+]1CC[NH+](CC(=O)Nc2ccccc2Cl)CC1. The number of piperazine rings is 1. The molecule has 0 saturated carbocycles. The van der Waals surface area contributed by atoms with Gasteiger partial charge in [0, 0.05) is 6.54 Å². The number of rotatable bonds is 7. The molecular weight excluding hydrogens is 328 g/mol. The van der Waals surface area contributed by atoms with Crippen LogP contribution in [0.5, 0.6) is 0 Å². The standard InChI is InChI=1S/C17H25ClN4O2/c1-2-7-19-16(23)12-21-8-10-22(11-9-21)13-17(24)20-15-6-4-3-5-14(15)18/h3-6H,2,7-13H2,1H3,(H,19,23)(H,20,24)/p+2. The summed E-state index contributed by atoms with van der Waals surface area (Å²) in [5.41, 5.74) is 0.653. The van der Waals surface area contributed by atoms with Crippen LogP contribution in [0.15, 0.2) is 24.3 Å². The van der Waals surface area contributed by atoms with Gasteiger partial charge in [-0.05, 0) is 18.6 Å². The molecule has 4 N–H and O–H groups in total. The lowest BCUT2D eigenvalue weighted by Gasteiger charge is -2.29. The first kappa shape index (κ1) is 18.7. The maximum Gasteiger partial charge on any atom is 0.279 e. The van der Waals surface area contributed by atoms with E-state index in [1.54, 1.807) is 12.1 Å². The molecule has 0 spiro atoms. The molecule has 1 aliphatic heterocycles. The van der Waals surface area contributed by atoms with E-state index in [1.165, 1.54) is 9.80 Å². The zero-order chi connectivity index (χ0) is 17.4. The molecule has 2 rings (SSSR count). The molecule has 1 heterocycles. The second-order valence-corrected chi connectivity index (χ2v) is 6.64. The normalized spacial score (nSPS) is 20.4. The van der Waals surface area contributed by atoms with Crippen molar-refractivity contribution in [1.82, 2.24) is 5.32 Å². The maximum atomic E-state index is 12.1. The minimum atomic E-state index is -0.0257. The summed E-state index contributed by atoms with van der Waals surface area (Å²) in [6, 6.07) is 7.24. The highest BCUT2D eigenvalue weighted by Crippen LogP contribution is 2.19. The van der Waals surface area contributed by atoms with Gasteiger partial charge in [-0.2, -0.15) is 0 Å². The van der Waals surface area contributed by atoms with Crippen LogP contribution < -0.4 is 20.4 Å². The first-order valence-electron chi connectivity index (χ1n) is 8.56. The van der Waals surface area contributed by atoms with Crippen LogP contribution in [0.4, 0.5) is 5.69 Å². The second-order valence-electron chi connectivity index (χ2n) is 6.23. The Morgan fingerprint density at radius 3 is 2.21 bits per heavy atom. The summed E-state index contributed by atoms with van der Waals surface area (Å²) in [7, 11) is 0. The Morgan fingerprint density at radius 2 is 1.62 bits per heavy atom. The number of carbonyl (C=O) groups excluding carboxylic acids is 2. The molecule has 2 amide bonds. The maximum absolute atomic E-state index is 12.1. The van der Waals surface area contributed by atoms with Crippen molar-refractivity contribution in [2.75, 3.05) is 51.1 Å². The topological polar surface area (TPSA) is 67.1 Å². The summed E-state index contributed by atoms with van der Waals surface area (Å²) in [4.78, 5) is 26.4.